The molecule has 2 aromatic carbocycles. The first kappa shape index (κ1) is 15.3. The molecule has 23 heavy (non-hydrogen) atoms. The number of aryl methyl sites for hydroxylation is 1. The van der Waals surface area contributed by atoms with Crippen molar-refractivity contribution in [3.63, 3.8) is 0 Å². The van der Waals surface area contributed by atoms with E-state index >= 15 is 0 Å². The number of hydrogen-bond acceptors (Lipinski definition) is 4. The van der Waals surface area contributed by atoms with Gasteiger partial charge in [-0.3, -0.25) is 9.79 Å². The third-order valence-electron chi connectivity index (χ3n) is 4.04. The van der Waals surface area contributed by atoms with Crippen LogP contribution >= 0.6 is 0 Å². The van der Waals surface area contributed by atoms with Gasteiger partial charge < -0.3 is 9.47 Å². The molecular weight excluding hydrogens is 290 g/mol. The molecule has 1 aliphatic rings. The molecule has 2 aromatic rings. The second-order valence-electron chi connectivity index (χ2n) is 5.54. The van der Waals surface area contributed by atoms with Crippen LogP contribution in [-0.2, 0) is 6.42 Å². The first-order valence-electron chi connectivity index (χ1n) is 7.55. The molecule has 3 rings (SSSR count). The minimum Gasteiger partial charge on any atom is -0.493 e. The number of hydrogen-bond donors (Lipinski definition) is 0. The standard InChI is InChI=1S/C19H19NO3/c1-12-4-6-13(7-5-12)19(21)18-15-11-17(23-3)16(22-2)10-14(15)8-9-20-18/h4-7,10-11H,8-9H2,1-3H3. The van der Waals surface area contributed by atoms with Crippen molar-refractivity contribution < 1.29 is 14.3 Å². The Morgan fingerprint density at radius 2 is 1.70 bits per heavy atom. The van der Waals surface area contributed by atoms with Crippen LogP contribution in [0.4, 0.5) is 0 Å². The van der Waals surface area contributed by atoms with Crippen LogP contribution in [0.2, 0.25) is 0 Å². The Kier molecular flexibility index (Phi) is 4.15. The molecule has 1 aliphatic heterocycles. The molecule has 0 atom stereocenters. The van der Waals surface area contributed by atoms with Gasteiger partial charge in [-0.25, -0.2) is 0 Å². The zero-order chi connectivity index (χ0) is 16.4. The Hall–Kier alpha value is -2.62. The van der Waals surface area contributed by atoms with Crippen LogP contribution in [0.1, 0.15) is 27.0 Å². The second-order valence-corrected chi connectivity index (χ2v) is 5.54. The zero-order valence-electron chi connectivity index (χ0n) is 13.6. The monoisotopic (exact) mass is 309 g/mol. The van der Waals surface area contributed by atoms with Crippen molar-refractivity contribution >= 4 is 11.5 Å². The van der Waals surface area contributed by atoms with Gasteiger partial charge in [0.2, 0.25) is 5.78 Å². The Bertz CT molecular complexity index is 776. The summed E-state index contributed by atoms with van der Waals surface area (Å²) in [6, 6.07) is 11.3. The summed E-state index contributed by atoms with van der Waals surface area (Å²) in [6.07, 6.45) is 0.792. The Morgan fingerprint density at radius 1 is 1.04 bits per heavy atom. The van der Waals surface area contributed by atoms with E-state index in [4.69, 9.17) is 9.47 Å². The summed E-state index contributed by atoms with van der Waals surface area (Å²) in [4.78, 5) is 17.3. The summed E-state index contributed by atoms with van der Waals surface area (Å²) >= 11 is 0. The quantitative estimate of drug-likeness (QED) is 0.815. The summed E-state index contributed by atoms with van der Waals surface area (Å²) in [5.74, 6) is 1.23. The molecule has 0 fully saturated rings. The Morgan fingerprint density at radius 3 is 2.35 bits per heavy atom. The smallest absolute Gasteiger partial charge is 0.211 e. The predicted octanol–water partition coefficient (Wildman–Crippen LogP) is 3.24. The lowest BCUT2D eigenvalue weighted by Crippen LogP contribution is -2.22. The third kappa shape index (κ3) is 2.84. The first-order chi connectivity index (χ1) is 11.1. The van der Waals surface area contributed by atoms with E-state index in [0.29, 0.717) is 29.3 Å². The van der Waals surface area contributed by atoms with Gasteiger partial charge in [0, 0.05) is 17.7 Å². The number of ether oxygens (including phenoxy) is 2. The fourth-order valence-electron chi connectivity index (χ4n) is 2.76. The largest absolute Gasteiger partial charge is 0.493 e. The molecule has 0 aliphatic carbocycles. The zero-order valence-corrected chi connectivity index (χ0v) is 13.6. The number of ketones is 1. The van der Waals surface area contributed by atoms with Crippen molar-refractivity contribution in [1.82, 2.24) is 0 Å². The molecule has 4 heteroatoms. The number of carbonyl (C=O) groups excluding carboxylic acids is 1. The summed E-state index contributed by atoms with van der Waals surface area (Å²) in [7, 11) is 3.20. The van der Waals surface area contributed by atoms with Crippen molar-refractivity contribution in [2.75, 3.05) is 20.8 Å². The van der Waals surface area contributed by atoms with Gasteiger partial charge in [-0.2, -0.15) is 0 Å². The number of Topliss-reactive ketones (excluding diaryl/α,β-unsaturated/α-hetero) is 1. The third-order valence-corrected chi connectivity index (χ3v) is 4.04. The van der Waals surface area contributed by atoms with Crippen LogP contribution in [-0.4, -0.2) is 32.3 Å². The number of nitrogens with zero attached hydrogens (tertiary/aromatic N) is 1. The van der Waals surface area contributed by atoms with E-state index in [2.05, 4.69) is 4.99 Å². The van der Waals surface area contributed by atoms with Gasteiger partial charge in [-0.15, -0.1) is 0 Å². The van der Waals surface area contributed by atoms with E-state index in [1.165, 1.54) is 0 Å². The highest BCUT2D eigenvalue weighted by atomic mass is 16.5. The lowest BCUT2D eigenvalue weighted by Gasteiger charge is -2.19. The van der Waals surface area contributed by atoms with Crippen molar-refractivity contribution in [2.24, 2.45) is 4.99 Å². The Labute approximate surface area is 135 Å². The van der Waals surface area contributed by atoms with Gasteiger partial charge in [-0.1, -0.05) is 29.8 Å². The molecule has 0 unspecified atom stereocenters. The number of benzene rings is 2. The van der Waals surface area contributed by atoms with E-state index < -0.39 is 0 Å². The van der Waals surface area contributed by atoms with E-state index in [-0.39, 0.29) is 5.78 Å². The molecule has 0 radical (unpaired) electrons. The van der Waals surface area contributed by atoms with Gasteiger partial charge >= 0.3 is 0 Å². The van der Waals surface area contributed by atoms with Gasteiger partial charge in [0.15, 0.2) is 11.5 Å². The van der Waals surface area contributed by atoms with Crippen molar-refractivity contribution in [2.45, 2.75) is 13.3 Å². The minimum atomic E-state index is -0.0573. The summed E-state index contributed by atoms with van der Waals surface area (Å²) in [5, 5.41) is 0. The van der Waals surface area contributed by atoms with Crippen molar-refractivity contribution in [3.05, 3.63) is 58.7 Å². The molecule has 118 valence electrons. The molecule has 0 saturated carbocycles. The van der Waals surface area contributed by atoms with Gasteiger partial charge in [-0.05, 0) is 31.0 Å². The van der Waals surface area contributed by atoms with Crippen LogP contribution in [0, 0.1) is 6.92 Å². The second kappa shape index (κ2) is 6.24. The van der Waals surface area contributed by atoms with Gasteiger partial charge in [0.05, 0.1) is 14.2 Å². The van der Waals surface area contributed by atoms with E-state index in [9.17, 15) is 4.79 Å². The van der Waals surface area contributed by atoms with Crippen LogP contribution in [0.25, 0.3) is 0 Å². The first-order valence-corrected chi connectivity index (χ1v) is 7.55. The van der Waals surface area contributed by atoms with Gasteiger partial charge in [0.25, 0.3) is 0 Å². The molecule has 0 spiro atoms. The van der Waals surface area contributed by atoms with E-state index in [0.717, 1.165) is 23.1 Å². The van der Waals surface area contributed by atoms with Crippen LogP contribution in [0.5, 0.6) is 11.5 Å². The van der Waals surface area contributed by atoms with Crippen molar-refractivity contribution in [1.29, 1.82) is 0 Å². The maximum atomic E-state index is 12.8. The van der Waals surface area contributed by atoms with Crippen LogP contribution < -0.4 is 9.47 Å². The van der Waals surface area contributed by atoms with E-state index in [1.54, 1.807) is 14.2 Å². The number of fused-ring (bicyclic) bond motifs is 1. The molecule has 0 saturated heterocycles. The fraction of sp³-hybridized carbons (Fsp3) is 0.263. The molecule has 4 nitrogen and oxygen atoms in total. The highest BCUT2D eigenvalue weighted by Crippen LogP contribution is 2.33. The highest BCUT2D eigenvalue weighted by molar-refractivity contribution is 6.52. The number of aliphatic imine (C=N–C) groups is 1. The summed E-state index contributed by atoms with van der Waals surface area (Å²) in [6.45, 7) is 2.61. The number of methoxy groups -OCH3 is 2. The lowest BCUT2D eigenvalue weighted by atomic mass is 9.92. The molecule has 0 amide bonds. The number of carbonyl (C=O) groups is 1. The van der Waals surface area contributed by atoms with Crippen LogP contribution in [0.15, 0.2) is 41.4 Å². The SMILES string of the molecule is COc1cc2c(cc1OC)C(C(=O)c1ccc(C)cc1)=NCC2. The minimum absolute atomic E-state index is 0.0573. The average Bonchev–Trinajstić information content (AvgIpc) is 2.60. The lowest BCUT2D eigenvalue weighted by molar-refractivity contribution is 0.106. The maximum Gasteiger partial charge on any atom is 0.211 e. The molecule has 1 heterocycles. The highest BCUT2D eigenvalue weighted by Gasteiger charge is 2.24. The molecule has 0 aromatic heterocycles. The average molecular weight is 309 g/mol. The predicted molar refractivity (Wildman–Crippen MR) is 90.2 cm³/mol. The van der Waals surface area contributed by atoms with E-state index in [1.807, 2.05) is 43.3 Å². The summed E-state index contributed by atoms with van der Waals surface area (Å²) in [5.41, 5.74) is 4.17. The number of rotatable bonds is 4. The van der Waals surface area contributed by atoms with Gasteiger partial charge in [0.1, 0.15) is 5.71 Å². The van der Waals surface area contributed by atoms with Crippen LogP contribution in [0.3, 0.4) is 0 Å². The Balaban J connectivity index is 2.04. The topological polar surface area (TPSA) is 47.9 Å². The normalized spacial score (nSPS) is 13.1. The maximum absolute atomic E-state index is 12.8. The van der Waals surface area contributed by atoms with Crippen molar-refractivity contribution in [3.8, 4) is 11.5 Å². The summed E-state index contributed by atoms with van der Waals surface area (Å²) < 4.78 is 10.7. The molecule has 0 N–H and O–H groups in total. The molecular formula is C19H19NO3. The molecule has 0 bridgehead atoms. The fourth-order valence-corrected chi connectivity index (χ4v) is 2.76.